The van der Waals surface area contributed by atoms with Crippen LogP contribution in [-0.2, 0) is 11.3 Å². The van der Waals surface area contributed by atoms with Crippen molar-refractivity contribution in [3.63, 3.8) is 0 Å². The van der Waals surface area contributed by atoms with Gasteiger partial charge in [-0.15, -0.1) is 10.2 Å². The van der Waals surface area contributed by atoms with Crippen LogP contribution in [0.15, 0.2) is 58.5 Å². The van der Waals surface area contributed by atoms with Gasteiger partial charge in [0.25, 0.3) is 0 Å². The number of pyridine rings is 1. The van der Waals surface area contributed by atoms with E-state index in [-0.39, 0.29) is 10.5 Å². The number of hydrogen-bond acceptors (Lipinski definition) is 4. The Morgan fingerprint density at radius 3 is 2.53 bits per heavy atom. The number of benzene rings is 2. The smallest absolute Gasteiger partial charge is 0.196 e. The second-order valence-corrected chi connectivity index (χ2v) is 7.75. The first-order chi connectivity index (χ1) is 14.5. The van der Waals surface area contributed by atoms with E-state index >= 15 is 0 Å². The quantitative estimate of drug-likeness (QED) is 0.388. The summed E-state index contributed by atoms with van der Waals surface area (Å²) < 4.78 is 49.3. The van der Waals surface area contributed by atoms with Gasteiger partial charge in [-0.05, 0) is 55.3 Å². The minimum atomic E-state index is -0.652. The molecule has 4 aromatic rings. The lowest BCUT2D eigenvalue weighted by Crippen LogP contribution is -1.97. The minimum absolute atomic E-state index is 0.139. The van der Waals surface area contributed by atoms with E-state index in [0.717, 1.165) is 23.4 Å². The molecule has 4 rings (SSSR count). The van der Waals surface area contributed by atoms with Crippen molar-refractivity contribution in [1.29, 1.82) is 0 Å². The summed E-state index contributed by atoms with van der Waals surface area (Å²) in [5, 5.41) is 7.77. The number of fused-ring (bicyclic) bond motifs is 1. The molecule has 0 amide bonds. The lowest BCUT2D eigenvalue weighted by molar-refractivity contribution is 0.134. The van der Waals surface area contributed by atoms with Crippen LogP contribution in [0.3, 0.4) is 0 Å². The Bertz CT molecular complexity index is 1230. The fraction of sp³-hybridized carbons (Fsp3) is 0.182. The van der Waals surface area contributed by atoms with Gasteiger partial charge in [0.1, 0.15) is 17.5 Å². The Morgan fingerprint density at radius 1 is 0.967 bits per heavy atom. The summed E-state index contributed by atoms with van der Waals surface area (Å²) in [7, 11) is 0. The number of nitrogens with zero attached hydrogens (tertiary/aromatic N) is 3. The van der Waals surface area contributed by atoms with E-state index in [1.165, 1.54) is 18.2 Å². The molecule has 0 aliphatic heterocycles. The maximum Gasteiger partial charge on any atom is 0.196 e. The predicted molar refractivity (Wildman–Crippen MR) is 109 cm³/mol. The lowest BCUT2D eigenvalue weighted by atomic mass is 10.0. The molecule has 154 valence electrons. The van der Waals surface area contributed by atoms with Crippen molar-refractivity contribution in [3.05, 3.63) is 77.5 Å². The van der Waals surface area contributed by atoms with Crippen LogP contribution in [-0.4, -0.2) is 21.2 Å². The second kappa shape index (κ2) is 8.49. The second-order valence-electron chi connectivity index (χ2n) is 6.66. The summed E-state index contributed by atoms with van der Waals surface area (Å²) in [4.78, 5) is 0.975. The van der Waals surface area contributed by atoms with Crippen LogP contribution in [0.25, 0.3) is 16.8 Å². The van der Waals surface area contributed by atoms with Gasteiger partial charge in [-0.2, -0.15) is 0 Å². The Morgan fingerprint density at radius 2 is 1.77 bits per heavy atom. The molecule has 0 bridgehead atoms. The van der Waals surface area contributed by atoms with Crippen LogP contribution >= 0.6 is 11.8 Å². The van der Waals surface area contributed by atoms with Crippen molar-refractivity contribution in [1.82, 2.24) is 14.6 Å². The van der Waals surface area contributed by atoms with Crippen molar-refractivity contribution in [2.75, 3.05) is 6.61 Å². The first-order valence-electron chi connectivity index (χ1n) is 9.31. The molecule has 8 heteroatoms. The molecule has 4 nitrogen and oxygen atoms in total. The number of ether oxygens (including phenoxy) is 1. The van der Waals surface area contributed by atoms with E-state index in [0.29, 0.717) is 35.1 Å². The summed E-state index contributed by atoms with van der Waals surface area (Å²) in [6.07, 6.45) is 1.75. The Kier molecular flexibility index (Phi) is 5.78. The zero-order valence-corrected chi connectivity index (χ0v) is 17.1. The van der Waals surface area contributed by atoms with Crippen LogP contribution in [0, 0.1) is 24.4 Å². The first kappa shape index (κ1) is 20.4. The van der Waals surface area contributed by atoms with Gasteiger partial charge in [-0.3, -0.25) is 4.40 Å². The van der Waals surface area contributed by atoms with Gasteiger partial charge in [-0.25, -0.2) is 13.2 Å². The van der Waals surface area contributed by atoms with Crippen molar-refractivity contribution in [2.24, 2.45) is 0 Å². The maximum absolute atomic E-state index is 14.7. The highest BCUT2D eigenvalue weighted by Gasteiger charge is 2.15. The number of aryl methyl sites for hydroxylation is 1. The molecule has 0 N–H and O–H groups in total. The van der Waals surface area contributed by atoms with Gasteiger partial charge in [0.15, 0.2) is 11.5 Å². The van der Waals surface area contributed by atoms with Gasteiger partial charge >= 0.3 is 0 Å². The number of hydrogen-bond donors (Lipinski definition) is 0. The fourth-order valence-electron chi connectivity index (χ4n) is 3.09. The third-order valence-corrected chi connectivity index (χ3v) is 5.70. The summed E-state index contributed by atoms with van der Waals surface area (Å²) in [6.45, 7) is 4.60. The van der Waals surface area contributed by atoms with Crippen LogP contribution in [0.4, 0.5) is 13.2 Å². The molecule has 2 heterocycles. The molecule has 0 radical (unpaired) electrons. The number of rotatable bonds is 6. The molecule has 0 aliphatic rings. The normalized spacial score (nSPS) is 11.4. The summed E-state index contributed by atoms with van der Waals surface area (Å²) in [6, 6.07) is 10.4. The third-order valence-electron chi connectivity index (χ3n) is 4.57. The Labute approximate surface area is 175 Å². The average molecular weight is 429 g/mol. The molecular weight excluding hydrogens is 411 g/mol. The van der Waals surface area contributed by atoms with Gasteiger partial charge in [0.2, 0.25) is 0 Å². The van der Waals surface area contributed by atoms with E-state index < -0.39 is 17.5 Å². The van der Waals surface area contributed by atoms with E-state index in [1.807, 2.05) is 25.1 Å². The van der Waals surface area contributed by atoms with Crippen molar-refractivity contribution in [3.8, 4) is 11.1 Å². The van der Waals surface area contributed by atoms with E-state index in [9.17, 15) is 13.2 Å². The highest BCUT2D eigenvalue weighted by molar-refractivity contribution is 7.99. The molecule has 30 heavy (non-hydrogen) atoms. The van der Waals surface area contributed by atoms with Gasteiger partial charge in [-0.1, -0.05) is 17.8 Å². The monoisotopic (exact) mass is 429 g/mol. The summed E-state index contributed by atoms with van der Waals surface area (Å²) in [5.74, 6) is -1.25. The SMILES string of the molecule is CCOCc1ccc(Sc2ccc(F)cc2F)c(-c2cc(F)c3nnc(C)n3c2)c1. The summed E-state index contributed by atoms with van der Waals surface area (Å²) >= 11 is 1.15. The molecule has 0 atom stereocenters. The average Bonchev–Trinajstić information content (AvgIpc) is 3.10. The summed E-state index contributed by atoms with van der Waals surface area (Å²) in [5.41, 5.74) is 2.33. The highest BCUT2D eigenvalue weighted by atomic mass is 32.2. The zero-order valence-electron chi connectivity index (χ0n) is 16.3. The predicted octanol–water partition coefficient (Wildman–Crippen LogP) is 5.81. The van der Waals surface area contributed by atoms with Crippen molar-refractivity contribution < 1.29 is 17.9 Å². The number of aromatic nitrogens is 3. The van der Waals surface area contributed by atoms with Crippen molar-refractivity contribution >= 4 is 17.4 Å². The molecule has 0 unspecified atom stereocenters. The highest BCUT2D eigenvalue weighted by Crippen LogP contribution is 2.38. The third kappa shape index (κ3) is 4.06. The van der Waals surface area contributed by atoms with Crippen LogP contribution in [0.1, 0.15) is 18.3 Å². The van der Waals surface area contributed by atoms with Crippen molar-refractivity contribution in [2.45, 2.75) is 30.2 Å². The molecule has 0 spiro atoms. The molecule has 2 aromatic carbocycles. The number of halogens is 3. The van der Waals surface area contributed by atoms with Gasteiger partial charge < -0.3 is 4.74 Å². The molecule has 0 saturated carbocycles. The first-order valence-corrected chi connectivity index (χ1v) is 10.1. The fourth-order valence-corrected chi connectivity index (χ4v) is 4.04. The molecular formula is C22H18F3N3OS. The lowest BCUT2D eigenvalue weighted by Gasteiger charge is -2.13. The van der Waals surface area contributed by atoms with Gasteiger partial charge in [0.05, 0.1) is 6.61 Å². The van der Waals surface area contributed by atoms with Crippen LogP contribution < -0.4 is 0 Å². The molecule has 2 aromatic heterocycles. The topological polar surface area (TPSA) is 39.4 Å². The Balaban J connectivity index is 1.84. The Hall–Kier alpha value is -2.84. The minimum Gasteiger partial charge on any atom is -0.377 e. The largest absolute Gasteiger partial charge is 0.377 e. The van der Waals surface area contributed by atoms with E-state index in [4.69, 9.17) is 4.74 Å². The molecule has 0 aliphatic carbocycles. The zero-order chi connectivity index (χ0) is 21.3. The molecule has 0 fully saturated rings. The van der Waals surface area contributed by atoms with E-state index in [1.54, 1.807) is 17.5 Å². The maximum atomic E-state index is 14.7. The van der Waals surface area contributed by atoms with Gasteiger partial charge in [0, 0.05) is 34.2 Å². The van der Waals surface area contributed by atoms with Crippen LogP contribution in [0.2, 0.25) is 0 Å². The van der Waals surface area contributed by atoms with Crippen LogP contribution in [0.5, 0.6) is 0 Å². The standard InChI is InChI=1S/C22H18F3N3OS/c1-3-29-12-14-4-6-20(30-21-7-5-16(23)10-18(21)24)17(8-14)15-9-19(25)22-27-26-13(2)28(22)11-15/h4-11H,3,12H2,1-2H3. The van der Waals surface area contributed by atoms with E-state index in [2.05, 4.69) is 10.2 Å². The molecule has 0 saturated heterocycles.